The zero-order chi connectivity index (χ0) is 13.8. The average molecular weight is 259 g/mol. The second kappa shape index (κ2) is 6.00. The molecule has 2 rings (SSSR count). The fourth-order valence-electron chi connectivity index (χ4n) is 2.39. The highest BCUT2D eigenvalue weighted by Gasteiger charge is 2.25. The molecule has 1 unspecified atom stereocenters. The van der Waals surface area contributed by atoms with E-state index in [0.717, 1.165) is 32.4 Å². The molecule has 0 radical (unpaired) electrons. The molecule has 0 aliphatic carbocycles. The maximum Gasteiger partial charge on any atom is 0.294 e. The van der Waals surface area contributed by atoms with Crippen molar-refractivity contribution in [3.05, 3.63) is 35.4 Å². The van der Waals surface area contributed by atoms with Gasteiger partial charge in [0.15, 0.2) is 0 Å². The van der Waals surface area contributed by atoms with Crippen LogP contribution < -0.4 is 0 Å². The van der Waals surface area contributed by atoms with Crippen LogP contribution >= 0.6 is 0 Å². The van der Waals surface area contributed by atoms with E-state index < -0.39 is 0 Å². The van der Waals surface area contributed by atoms with Gasteiger partial charge in [0.2, 0.25) is 5.78 Å². The molecule has 1 aromatic carbocycles. The van der Waals surface area contributed by atoms with Crippen molar-refractivity contribution in [1.82, 2.24) is 4.90 Å². The van der Waals surface area contributed by atoms with E-state index in [9.17, 15) is 9.59 Å². The van der Waals surface area contributed by atoms with Crippen LogP contribution in [0.5, 0.6) is 0 Å². The van der Waals surface area contributed by atoms with Gasteiger partial charge in [0.25, 0.3) is 5.91 Å². The van der Waals surface area contributed by atoms with E-state index in [4.69, 9.17) is 0 Å². The topological polar surface area (TPSA) is 37.4 Å². The second-order valence-corrected chi connectivity index (χ2v) is 5.26. The number of nitrogens with zero attached hydrogens (tertiary/aromatic N) is 1. The molecule has 0 aromatic heterocycles. The fraction of sp³-hybridized carbons (Fsp3) is 0.500. The van der Waals surface area contributed by atoms with Crippen molar-refractivity contribution in [1.29, 1.82) is 0 Å². The molecular weight excluding hydrogens is 238 g/mol. The minimum atomic E-state index is -0.377. The predicted molar refractivity (Wildman–Crippen MR) is 75.3 cm³/mol. The van der Waals surface area contributed by atoms with Crippen molar-refractivity contribution in [2.45, 2.75) is 39.0 Å². The molecule has 0 N–H and O–H groups in total. The van der Waals surface area contributed by atoms with E-state index in [0.29, 0.717) is 11.5 Å². The van der Waals surface area contributed by atoms with Crippen molar-refractivity contribution in [2.24, 2.45) is 0 Å². The molecule has 1 amide bonds. The van der Waals surface area contributed by atoms with E-state index in [1.807, 2.05) is 12.1 Å². The minimum Gasteiger partial charge on any atom is -0.336 e. The maximum absolute atomic E-state index is 12.1. The summed E-state index contributed by atoms with van der Waals surface area (Å²) in [4.78, 5) is 25.7. The van der Waals surface area contributed by atoms with Gasteiger partial charge in [-0.05, 0) is 30.7 Å². The van der Waals surface area contributed by atoms with Crippen LogP contribution in [0.15, 0.2) is 24.3 Å². The SMILES string of the molecule is CCC(C)c1ccc(C(=O)C(=O)N2CCCC2)cc1. The van der Waals surface area contributed by atoms with E-state index in [1.165, 1.54) is 5.56 Å². The zero-order valence-electron chi connectivity index (χ0n) is 11.7. The summed E-state index contributed by atoms with van der Waals surface area (Å²) < 4.78 is 0. The Morgan fingerprint density at radius 3 is 2.26 bits per heavy atom. The lowest BCUT2D eigenvalue weighted by Gasteiger charge is -2.14. The van der Waals surface area contributed by atoms with Crippen LogP contribution in [0.4, 0.5) is 0 Å². The number of rotatable bonds is 4. The number of hydrogen-bond acceptors (Lipinski definition) is 2. The molecule has 3 heteroatoms. The third-order valence-electron chi connectivity index (χ3n) is 3.94. The Balaban J connectivity index is 2.08. The van der Waals surface area contributed by atoms with E-state index in [-0.39, 0.29) is 11.7 Å². The number of likely N-dealkylation sites (tertiary alicyclic amines) is 1. The summed E-state index contributed by atoms with van der Waals surface area (Å²) in [6, 6.07) is 7.47. The van der Waals surface area contributed by atoms with Crippen LogP contribution in [0.2, 0.25) is 0 Å². The quantitative estimate of drug-likeness (QED) is 0.615. The third kappa shape index (κ3) is 3.03. The van der Waals surface area contributed by atoms with Crippen LogP contribution in [0, 0.1) is 0 Å². The summed E-state index contributed by atoms with van der Waals surface area (Å²) in [5.74, 6) is -0.246. The smallest absolute Gasteiger partial charge is 0.294 e. The van der Waals surface area contributed by atoms with Crippen molar-refractivity contribution in [2.75, 3.05) is 13.1 Å². The molecule has 1 saturated heterocycles. The van der Waals surface area contributed by atoms with Crippen molar-refractivity contribution in [3.63, 3.8) is 0 Å². The van der Waals surface area contributed by atoms with Crippen LogP contribution in [-0.4, -0.2) is 29.7 Å². The fourth-order valence-corrected chi connectivity index (χ4v) is 2.39. The molecule has 0 saturated carbocycles. The van der Waals surface area contributed by atoms with E-state index >= 15 is 0 Å². The molecule has 3 nitrogen and oxygen atoms in total. The minimum absolute atomic E-state index is 0.353. The standard InChI is InChI=1S/C16H21NO2/c1-3-12(2)13-6-8-14(9-7-13)15(18)16(19)17-10-4-5-11-17/h6-9,12H,3-5,10-11H2,1-2H3. The Labute approximate surface area is 114 Å². The average Bonchev–Trinajstić information content (AvgIpc) is 2.99. The highest BCUT2D eigenvalue weighted by Crippen LogP contribution is 2.19. The molecule has 1 aliphatic rings. The summed E-state index contributed by atoms with van der Waals surface area (Å²) in [6.45, 7) is 5.73. The predicted octanol–water partition coefficient (Wildman–Crippen LogP) is 3.01. The van der Waals surface area contributed by atoms with Gasteiger partial charge in [-0.25, -0.2) is 0 Å². The molecule has 1 aliphatic heterocycles. The molecule has 102 valence electrons. The molecule has 19 heavy (non-hydrogen) atoms. The number of hydrogen-bond donors (Lipinski definition) is 0. The van der Waals surface area contributed by atoms with Gasteiger partial charge < -0.3 is 4.90 Å². The van der Waals surface area contributed by atoms with Crippen molar-refractivity contribution >= 4 is 11.7 Å². The normalized spacial score (nSPS) is 16.4. The summed E-state index contributed by atoms with van der Waals surface area (Å²) in [5, 5.41) is 0. The van der Waals surface area contributed by atoms with Gasteiger partial charge in [-0.1, -0.05) is 38.1 Å². The first-order valence-corrected chi connectivity index (χ1v) is 7.07. The number of Topliss-reactive ketones (excluding diaryl/α,β-unsaturated/α-hetero) is 1. The van der Waals surface area contributed by atoms with Crippen molar-refractivity contribution < 1.29 is 9.59 Å². The lowest BCUT2D eigenvalue weighted by Crippen LogP contribution is -2.34. The first kappa shape index (κ1) is 13.8. The largest absolute Gasteiger partial charge is 0.336 e. The van der Waals surface area contributed by atoms with Gasteiger partial charge in [-0.15, -0.1) is 0 Å². The van der Waals surface area contributed by atoms with Gasteiger partial charge in [0.05, 0.1) is 0 Å². The molecule has 0 bridgehead atoms. The molecule has 1 fully saturated rings. The number of carbonyl (C=O) groups is 2. The molecule has 0 spiro atoms. The van der Waals surface area contributed by atoms with Crippen LogP contribution in [0.1, 0.15) is 54.9 Å². The maximum atomic E-state index is 12.1. The Morgan fingerprint density at radius 1 is 1.16 bits per heavy atom. The molecule has 1 heterocycles. The lowest BCUT2D eigenvalue weighted by molar-refractivity contribution is -0.125. The Morgan fingerprint density at radius 2 is 1.74 bits per heavy atom. The number of benzene rings is 1. The summed E-state index contributed by atoms with van der Waals surface area (Å²) >= 11 is 0. The molecule has 1 atom stereocenters. The van der Waals surface area contributed by atoms with E-state index in [2.05, 4.69) is 13.8 Å². The first-order chi connectivity index (χ1) is 9.13. The van der Waals surface area contributed by atoms with Crippen LogP contribution in [0.25, 0.3) is 0 Å². The molecular formula is C16H21NO2. The van der Waals surface area contributed by atoms with Gasteiger partial charge >= 0.3 is 0 Å². The Kier molecular flexibility index (Phi) is 4.35. The number of ketones is 1. The van der Waals surface area contributed by atoms with E-state index in [1.54, 1.807) is 17.0 Å². The number of carbonyl (C=O) groups excluding carboxylic acids is 2. The van der Waals surface area contributed by atoms with Crippen LogP contribution in [0.3, 0.4) is 0 Å². The van der Waals surface area contributed by atoms with Crippen LogP contribution in [-0.2, 0) is 4.79 Å². The number of amides is 1. The highest BCUT2D eigenvalue weighted by molar-refractivity contribution is 6.42. The van der Waals surface area contributed by atoms with Gasteiger partial charge in [0.1, 0.15) is 0 Å². The zero-order valence-corrected chi connectivity index (χ0v) is 11.7. The summed E-state index contributed by atoms with van der Waals surface area (Å²) in [7, 11) is 0. The lowest BCUT2D eigenvalue weighted by atomic mass is 9.97. The van der Waals surface area contributed by atoms with Gasteiger partial charge in [-0.3, -0.25) is 9.59 Å². The van der Waals surface area contributed by atoms with Gasteiger partial charge in [0, 0.05) is 18.7 Å². The monoisotopic (exact) mass is 259 g/mol. The Bertz CT molecular complexity index is 458. The highest BCUT2D eigenvalue weighted by atomic mass is 16.2. The Hall–Kier alpha value is -1.64. The summed E-state index contributed by atoms with van der Waals surface area (Å²) in [6.07, 6.45) is 3.08. The summed E-state index contributed by atoms with van der Waals surface area (Å²) in [5.41, 5.74) is 1.72. The van der Waals surface area contributed by atoms with Gasteiger partial charge in [-0.2, -0.15) is 0 Å². The second-order valence-electron chi connectivity index (χ2n) is 5.26. The van der Waals surface area contributed by atoms with Crippen molar-refractivity contribution in [3.8, 4) is 0 Å². The third-order valence-corrected chi connectivity index (χ3v) is 3.94. The first-order valence-electron chi connectivity index (χ1n) is 7.07. The molecule has 1 aromatic rings.